The van der Waals surface area contributed by atoms with E-state index in [9.17, 15) is 0 Å². The van der Waals surface area contributed by atoms with Gasteiger partial charge in [0.05, 0.1) is 0 Å². The van der Waals surface area contributed by atoms with E-state index in [4.69, 9.17) is 0 Å². The fourth-order valence-corrected chi connectivity index (χ4v) is 6.28. The average molecular weight is 478 g/mol. The molecule has 0 heterocycles. The molecule has 0 aliphatic carbocycles. The van der Waals surface area contributed by atoms with Gasteiger partial charge in [-0.25, -0.2) is 0 Å². The van der Waals surface area contributed by atoms with Crippen molar-refractivity contribution in [2.45, 2.75) is 146 Å². The average Bonchev–Trinajstić information content (AvgIpc) is 2.81. The molecule has 0 aromatic heterocycles. The van der Waals surface area contributed by atoms with Gasteiger partial charge in [0.25, 0.3) is 0 Å². The van der Waals surface area contributed by atoms with Crippen molar-refractivity contribution in [1.29, 1.82) is 0 Å². The van der Waals surface area contributed by atoms with Crippen molar-refractivity contribution in [3.8, 4) is 0 Å². The third kappa shape index (κ3) is 17.4. The summed E-state index contributed by atoms with van der Waals surface area (Å²) in [6.45, 7) is 8.72. The molecule has 1 aromatic rings. The first kappa shape index (κ1) is 30.0. The van der Waals surface area contributed by atoms with Crippen LogP contribution in [0.25, 0.3) is 0 Å². The highest BCUT2D eigenvalue weighted by Gasteiger charge is 2.03. The van der Waals surface area contributed by atoms with E-state index in [2.05, 4.69) is 62.5 Å². The van der Waals surface area contributed by atoms with Gasteiger partial charge in [-0.05, 0) is 61.5 Å². The maximum atomic E-state index is 4.13. The summed E-state index contributed by atoms with van der Waals surface area (Å²) >= 11 is 4.11. The third-order valence-electron chi connectivity index (χ3n) is 6.26. The summed E-state index contributed by atoms with van der Waals surface area (Å²) in [6.07, 6.45) is 26.3. The fraction of sp³-hybridized carbons (Fsp3) is 0.767. The molecule has 1 radical (unpaired) electrons. The van der Waals surface area contributed by atoms with Gasteiger partial charge in [-0.1, -0.05) is 117 Å². The van der Waals surface area contributed by atoms with E-state index in [1.807, 2.05) is 0 Å². The van der Waals surface area contributed by atoms with Gasteiger partial charge in [-0.15, -0.1) is 23.5 Å². The molecule has 0 bridgehead atoms. The Labute approximate surface area is 210 Å². The first-order chi connectivity index (χ1) is 15.8. The summed E-state index contributed by atoms with van der Waals surface area (Å²) in [5.74, 6) is 2.53. The van der Waals surface area contributed by atoms with Crippen LogP contribution in [0.1, 0.15) is 135 Å². The zero-order chi connectivity index (χ0) is 23.1. The Hall–Kier alpha value is -0.0800. The number of hydrogen-bond donors (Lipinski definition) is 0. The summed E-state index contributed by atoms with van der Waals surface area (Å²) in [7, 11) is 0. The largest absolute Gasteiger partial charge is 0.126 e. The second kappa shape index (κ2) is 22.7. The first-order valence-electron chi connectivity index (χ1n) is 14.0. The Morgan fingerprint density at radius 3 is 1.19 bits per heavy atom. The predicted octanol–water partition coefficient (Wildman–Crippen LogP) is 11.3. The van der Waals surface area contributed by atoms with Gasteiger partial charge in [-0.3, -0.25) is 0 Å². The van der Waals surface area contributed by atoms with Crippen LogP contribution in [0.2, 0.25) is 0 Å². The molecule has 1 rings (SSSR count). The SMILES string of the molecule is [CH2]Cc1cc(SCCCCCCCCCCC)cc(SCCCCCCCCCCC)c1. The standard InChI is InChI=1S/C30H53S2/c1-4-7-9-11-13-15-17-19-21-23-31-29-25-28(6-3)26-30(27-29)32-24-22-20-18-16-14-12-10-8-5-2/h25-27H,3-24H2,1-2H3. The van der Waals surface area contributed by atoms with Crippen LogP contribution >= 0.6 is 23.5 Å². The van der Waals surface area contributed by atoms with Crippen molar-refractivity contribution in [3.63, 3.8) is 0 Å². The molecular formula is C30H53S2. The van der Waals surface area contributed by atoms with Crippen molar-refractivity contribution in [3.05, 3.63) is 30.7 Å². The molecule has 0 saturated carbocycles. The highest BCUT2D eigenvalue weighted by atomic mass is 32.2. The van der Waals surface area contributed by atoms with Crippen LogP contribution in [0, 0.1) is 6.92 Å². The predicted molar refractivity (Wildman–Crippen MR) is 151 cm³/mol. The van der Waals surface area contributed by atoms with Crippen LogP contribution < -0.4 is 0 Å². The smallest absolute Gasteiger partial charge is 0.00858 e. The van der Waals surface area contributed by atoms with Gasteiger partial charge < -0.3 is 0 Å². The molecular weight excluding hydrogens is 424 g/mol. The Kier molecular flexibility index (Phi) is 21.2. The monoisotopic (exact) mass is 477 g/mol. The molecule has 0 unspecified atom stereocenters. The molecule has 0 nitrogen and oxygen atoms in total. The van der Waals surface area contributed by atoms with E-state index in [-0.39, 0.29) is 0 Å². The molecule has 0 saturated heterocycles. The molecule has 0 fully saturated rings. The minimum absolute atomic E-state index is 0.901. The minimum Gasteiger partial charge on any atom is -0.126 e. The van der Waals surface area contributed by atoms with E-state index in [0.29, 0.717) is 0 Å². The Morgan fingerprint density at radius 1 is 0.500 bits per heavy atom. The maximum Gasteiger partial charge on any atom is 0.00858 e. The number of hydrogen-bond acceptors (Lipinski definition) is 2. The molecule has 1 aromatic carbocycles. The van der Waals surface area contributed by atoms with E-state index in [1.165, 1.54) is 142 Å². The van der Waals surface area contributed by atoms with Gasteiger partial charge in [-0.2, -0.15) is 0 Å². The Balaban J connectivity index is 2.13. The molecule has 0 N–H and O–H groups in total. The summed E-state index contributed by atoms with van der Waals surface area (Å²) in [6, 6.07) is 7.16. The van der Waals surface area contributed by atoms with Gasteiger partial charge in [0.2, 0.25) is 0 Å². The van der Waals surface area contributed by atoms with Gasteiger partial charge >= 0.3 is 0 Å². The normalized spacial score (nSPS) is 11.3. The molecule has 0 atom stereocenters. The molecule has 0 aliphatic heterocycles. The summed E-state index contributed by atoms with van der Waals surface area (Å²) in [4.78, 5) is 2.92. The molecule has 0 aliphatic rings. The second-order valence-corrected chi connectivity index (χ2v) is 11.8. The van der Waals surface area contributed by atoms with E-state index in [0.717, 1.165) is 6.42 Å². The third-order valence-corrected chi connectivity index (χ3v) is 8.39. The van der Waals surface area contributed by atoms with Crippen LogP contribution in [-0.2, 0) is 6.42 Å². The summed E-state index contributed by atoms with van der Waals surface area (Å²) in [5, 5.41) is 0. The van der Waals surface area contributed by atoms with E-state index < -0.39 is 0 Å². The second-order valence-electron chi connectivity index (χ2n) is 9.42. The van der Waals surface area contributed by atoms with E-state index >= 15 is 0 Å². The molecule has 185 valence electrons. The lowest BCUT2D eigenvalue weighted by Crippen LogP contribution is -1.88. The highest BCUT2D eigenvalue weighted by Crippen LogP contribution is 2.29. The fourth-order valence-electron chi connectivity index (χ4n) is 4.15. The van der Waals surface area contributed by atoms with Crippen molar-refractivity contribution >= 4 is 23.5 Å². The minimum atomic E-state index is 0.901. The van der Waals surface area contributed by atoms with Crippen LogP contribution in [0.4, 0.5) is 0 Å². The highest BCUT2D eigenvalue weighted by molar-refractivity contribution is 8.00. The van der Waals surface area contributed by atoms with Gasteiger partial charge in [0.1, 0.15) is 0 Å². The number of rotatable bonds is 23. The topological polar surface area (TPSA) is 0 Å². The van der Waals surface area contributed by atoms with E-state index in [1.54, 1.807) is 0 Å². The Morgan fingerprint density at radius 2 is 0.844 bits per heavy atom. The lowest BCUT2D eigenvalue weighted by molar-refractivity contribution is 0.573. The van der Waals surface area contributed by atoms with Crippen molar-refractivity contribution in [1.82, 2.24) is 0 Å². The zero-order valence-corrected chi connectivity index (χ0v) is 23.2. The summed E-state index contributed by atoms with van der Waals surface area (Å²) < 4.78 is 0. The molecule has 2 heteroatoms. The van der Waals surface area contributed by atoms with Crippen LogP contribution in [-0.4, -0.2) is 11.5 Å². The quantitative estimate of drug-likeness (QED) is 0.113. The van der Waals surface area contributed by atoms with Gasteiger partial charge in [0, 0.05) is 9.79 Å². The van der Waals surface area contributed by atoms with Crippen molar-refractivity contribution in [2.24, 2.45) is 0 Å². The molecule has 0 spiro atoms. The lowest BCUT2D eigenvalue weighted by atomic mass is 10.1. The Bertz CT molecular complexity index is 483. The van der Waals surface area contributed by atoms with Crippen molar-refractivity contribution < 1.29 is 0 Å². The zero-order valence-electron chi connectivity index (χ0n) is 21.6. The number of thioether (sulfide) groups is 2. The van der Waals surface area contributed by atoms with Gasteiger partial charge in [0.15, 0.2) is 0 Å². The maximum absolute atomic E-state index is 4.13. The lowest BCUT2D eigenvalue weighted by Gasteiger charge is -2.09. The number of benzene rings is 1. The first-order valence-corrected chi connectivity index (χ1v) is 16.0. The van der Waals surface area contributed by atoms with Crippen LogP contribution in [0.3, 0.4) is 0 Å². The molecule has 32 heavy (non-hydrogen) atoms. The number of unbranched alkanes of at least 4 members (excludes halogenated alkanes) is 16. The van der Waals surface area contributed by atoms with Crippen LogP contribution in [0.15, 0.2) is 28.0 Å². The van der Waals surface area contributed by atoms with Crippen molar-refractivity contribution in [2.75, 3.05) is 11.5 Å². The molecule has 0 amide bonds. The summed E-state index contributed by atoms with van der Waals surface area (Å²) in [5.41, 5.74) is 1.40. The van der Waals surface area contributed by atoms with Crippen LogP contribution in [0.5, 0.6) is 0 Å².